The summed E-state index contributed by atoms with van der Waals surface area (Å²) in [4.78, 5) is 0. The van der Waals surface area contributed by atoms with Gasteiger partial charge in [-0.1, -0.05) is 69.2 Å². The van der Waals surface area contributed by atoms with Crippen molar-refractivity contribution in [2.45, 2.75) is 52.4 Å². The van der Waals surface area contributed by atoms with Crippen molar-refractivity contribution in [3.63, 3.8) is 0 Å². The zero-order chi connectivity index (χ0) is 21.9. The molecule has 0 aliphatic rings. The lowest BCUT2D eigenvalue weighted by molar-refractivity contribution is 0.298. The van der Waals surface area contributed by atoms with Crippen molar-refractivity contribution in [1.82, 2.24) is 0 Å². The van der Waals surface area contributed by atoms with Crippen molar-refractivity contribution in [2.75, 3.05) is 0 Å². The summed E-state index contributed by atoms with van der Waals surface area (Å²) in [5.41, 5.74) is 2.44. The number of rotatable bonds is 12. The van der Waals surface area contributed by atoms with Gasteiger partial charge in [-0.2, -0.15) is 4.57 Å². The minimum Gasteiger partial charge on any atom is -0.386 e. The Kier molecular flexibility index (Phi) is 8.61. The lowest BCUT2D eigenvalue weighted by Crippen LogP contribution is -2.07. The van der Waals surface area contributed by atoms with E-state index in [0.29, 0.717) is 17.2 Å². The van der Waals surface area contributed by atoms with Crippen molar-refractivity contribution in [2.24, 2.45) is 0 Å². The maximum absolute atomic E-state index is 13.6. The van der Waals surface area contributed by atoms with Crippen molar-refractivity contribution in [3.8, 4) is 17.2 Å². The summed E-state index contributed by atoms with van der Waals surface area (Å²) in [5, 5.41) is 0. The molecule has 31 heavy (non-hydrogen) atoms. The van der Waals surface area contributed by atoms with Crippen molar-refractivity contribution in [3.05, 3.63) is 90.0 Å². The number of benzene rings is 3. The van der Waals surface area contributed by atoms with Crippen LogP contribution in [0.15, 0.2) is 78.9 Å². The fourth-order valence-electron chi connectivity index (χ4n) is 3.12. The highest BCUT2D eigenvalue weighted by molar-refractivity contribution is 7.49. The van der Waals surface area contributed by atoms with Gasteiger partial charge in [-0.25, -0.2) is 0 Å². The standard InChI is InChI=1S/C26H31O4P/c1-3-5-10-22-14-18-25(19-15-22)29-31(27,28-24-12-8-7-9-13-24)30-26-20-16-23(17-21-26)11-6-4-2/h7-9,12-21H,3-6,10-11H2,1-2H3. The lowest BCUT2D eigenvalue weighted by atomic mass is 10.1. The highest BCUT2D eigenvalue weighted by atomic mass is 31.2. The summed E-state index contributed by atoms with van der Waals surface area (Å²) in [7, 11) is -3.96. The third-order valence-corrected chi connectivity index (χ3v) is 6.18. The van der Waals surface area contributed by atoms with E-state index in [1.165, 1.54) is 11.1 Å². The molecule has 0 unspecified atom stereocenters. The average molecular weight is 439 g/mol. The first-order valence-corrected chi connectivity index (χ1v) is 12.5. The van der Waals surface area contributed by atoms with Gasteiger partial charge in [0.2, 0.25) is 0 Å². The van der Waals surface area contributed by atoms with Crippen LogP contribution in [0.5, 0.6) is 17.2 Å². The SMILES string of the molecule is CCCCc1ccc(OP(=O)(Oc2ccccc2)Oc2ccc(CCCC)cc2)cc1. The van der Waals surface area contributed by atoms with Gasteiger partial charge >= 0.3 is 7.82 Å². The van der Waals surface area contributed by atoms with Gasteiger partial charge in [0.1, 0.15) is 17.2 Å². The maximum Gasteiger partial charge on any atom is 0.647 e. The van der Waals surface area contributed by atoms with Crippen LogP contribution in [0.3, 0.4) is 0 Å². The van der Waals surface area contributed by atoms with E-state index >= 15 is 0 Å². The maximum atomic E-state index is 13.6. The van der Waals surface area contributed by atoms with Crippen LogP contribution >= 0.6 is 7.82 Å². The van der Waals surface area contributed by atoms with E-state index in [1.54, 1.807) is 12.1 Å². The smallest absolute Gasteiger partial charge is 0.386 e. The number of phosphoric ester groups is 1. The molecule has 164 valence electrons. The molecule has 3 aromatic rings. The Morgan fingerprint density at radius 2 is 0.968 bits per heavy atom. The van der Waals surface area contributed by atoms with Crippen molar-refractivity contribution >= 4 is 7.82 Å². The summed E-state index contributed by atoms with van der Waals surface area (Å²) in [6, 6.07) is 24.1. The summed E-state index contributed by atoms with van der Waals surface area (Å²) in [6.07, 6.45) is 6.57. The van der Waals surface area contributed by atoms with Gasteiger partial charge in [-0.05, 0) is 73.2 Å². The molecule has 3 aromatic carbocycles. The van der Waals surface area contributed by atoms with Gasteiger partial charge in [0.15, 0.2) is 0 Å². The van der Waals surface area contributed by atoms with E-state index in [9.17, 15) is 4.57 Å². The van der Waals surface area contributed by atoms with E-state index in [4.69, 9.17) is 13.6 Å². The molecule has 0 saturated heterocycles. The molecule has 0 spiro atoms. The van der Waals surface area contributed by atoms with Crippen molar-refractivity contribution < 1.29 is 18.1 Å². The summed E-state index contributed by atoms with van der Waals surface area (Å²) in [5.74, 6) is 1.31. The van der Waals surface area contributed by atoms with Crippen molar-refractivity contribution in [1.29, 1.82) is 0 Å². The van der Waals surface area contributed by atoms with Gasteiger partial charge in [0.05, 0.1) is 0 Å². The summed E-state index contributed by atoms with van der Waals surface area (Å²) >= 11 is 0. The van der Waals surface area contributed by atoms with Crippen LogP contribution < -0.4 is 13.6 Å². The Morgan fingerprint density at radius 3 is 1.35 bits per heavy atom. The van der Waals surface area contributed by atoms with E-state index in [1.807, 2.05) is 66.7 Å². The second-order valence-electron chi connectivity index (χ2n) is 7.53. The molecule has 0 aromatic heterocycles. The van der Waals surface area contributed by atoms with E-state index < -0.39 is 7.82 Å². The molecule has 0 saturated carbocycles. The minimum atomic E-state index is -3.96. The molecular formula is C26H31O4P. The first-order valence-electron chi connectivity index (χ1n) is 11.0. The summed E-state index contributed by atoms with van der Waals surface area (Å²) in [6.45, 7) is 4.34. The monoisotopic (exact) mass is 438 g/mol. The molecule has 0 bridgehead atoms. The molecule has 0 radical (unpaired) electrons. The normalized spacial score (nSPS) is 11.2. The zero-order valence-corrected chi connectivity index (χ0v) is 19.2. The van der Waals surface area contributed by atoms with Crippen LogP contribution in [0.1, 0.15) is 50.7 Å². The minimum absolute atomic E-state index is 0.421. The zero-order valence-electron chi connectivity index (χ0n) is 18.3. The Bertz CT molecular complexity index is 895. The van der Waals surface area contributed by atoms with Crippen LogP contribution in [0, 0.1) is 0 Å². The number of hydrogen-bond acceptors (Lipinski definition) is 4. The quantitative estimate of drug-likeness (QED) is 0.269. The van der Waals surface area contributed by atoms with Gasteiger partial charge in [-0.3, -0.25) is 0 Å². The predicted octanol–water partition coefficient (Wildman–Crippen LogP) is 8.02. The lowest BCUT2D eigenvalue weighted by Gasteiger charge is -2.19. The van der Waals surface area contributed by atoms with Crippen LogP contribution in [0.25, 0.3) is 0 Å². The molecule has 0 heterocycles. The second-order valence-corrected chi connectivity index (χ2v) is 8.97. The molecule has 4 nitrogen and oxygen atoms in total. The predicted molar refractivity (Wildman–Crippen MR) is 126 cm³/mol. The van der Waals surface area contributed by atoms with Crippen LogP contribution in [0.2, 0.25) is 0 Å². The molecule has 0 aliphatic carbocycles. The largest absolute Gasteiger partial charge is 0.647 e. The molecule has 5 heteroatoms. The Balaban J connectivity index is 1.77. The molecule has 0 atom stereocenters. The Hall–Kier alpha value is -2.71. The van der Waals surface area contributed by atoms with Crippen LogP contribution in [-0.4, -0.2) is 0 Å². The third-order valence-electron chi connectivity index (χ3n) is 4.88. The molecule has 3 rings (SSSR count). The van der Waals surface area contributed by atoms with Crippen LogP contribution in [-0.2, 0) is 17.4 Å². The Labute approximate surface area is 185 Å². The van der Waals surface area contributed by atoms with Gasteiger partial charge in [0, 0.05) is 0 Å². The van der Waals surface area contributed by atoms with Crippen LogP contribution in [0.4, 0.5) is 0 Å². The first-order chi connectivity index (χ1) is 15.1. The molecule has 0 fully saturated rings. The average Bonchev–Trinajstić information content (AvgIpc) is 2.78. The van der Waals surface area contributed by atoms with E-state index in [-0.39, 0.29) is 0 Å². The number of hydrogen-bond donors (Lipinski definition) is 0. The molecular weight excluding hydrogens is 407 g/mol. The fraction of sp³-hybridized carbons (Fsp3) is 0.308. The second kappa shape index (κ2) is 11.6. The van der Waals surface area contributed by atoms with E-state index in [2.05, 4.69) is 13.8 Å². The first kappa shape index (κ1) is 23.0. The van der Waals surface area contributed by atoms with E-state index in [0.717, 1.165) is 38.5 Å². The van der Waals surface area contributed by atoms with Gasteiger partial charge < -0.3 is 13.6 Å². The molecule has 0 aliphatic heterocycles. The molecule has 0 amide bonds. The summed E-state index contributed by atoms with van der Waals surface area (Å²) < 4.78 is 30.8. The van der Waals surface area contributed by atoms with Gasteiger partial charge in [-0.15, -0.1) is 0 Å². The third kappa shape index (κ3) is 7.48. The number of para-hydroxylation sites is 1. The number of aryl methyl sites for hydroxylation is 2. The Morgan fingerprint density at radius 1 is 0.581 bits per heavy atom. The highest BCUT2D eigenvalue weighted by Crippen LogP contribution is 2.49. The highest BCUT2D eigenvalue weighted by Gasteiger charge is 2.33. The number of unbranched alkanes of at least 4 members (excludes halogenated alkanes) is 2. The molecule has 0 N–H and O–H groups in total. The number of phosphoric acid groups is 1. The topological polar surface area (TPSA) is 44.8 Å². The van der Waals surface area contributed by atoms with Gasteiger partial charge in [0.25, 0.3) is 0 Å². The fourth-order valence-corrected chi connectivity index (χ4v) is 4.37.